The lowest BCUT2D eigenvalue weighted by Crippen LogP contribution is -2.45. The topological polar surface area (TPSA) is 72.2 Å². The molecule has 104 valence electrons. The molecule has 1 saturated carbocycles. The largest absolute Gasteiger partial charge is 0.392 e. The van der Waals surface area contributed by atoms with E-state index in [0.717, 1.165) is 24.0 Å². The van der Waals surface area contributed by atoms with Gasteiger partial charge in [0.1, 0.15) is 0 Å². The minimum absolute atomic E-state index is 0.219. The Morgan fingerprint density at radius 3 is 2.58 bits per heavy atom. The van der Waals surface area contributed by atoms with Gasteiger partial charge in [0, 0.05) is 0 Å². The highest BCUT2D eigenvalue weighted by Crippen LogP contribution is 2.33. The molecule has 0 saturated heterocycles. The van der Waals surface area contributed by atoms with E-state index >= 15 is 0 Å². The van der Waals surface area contributed by atoms with Crippen LogP contribution in [0.15, 0.2) is 23.1 Å². The average molecular weight is 298 g/mol. The standard InChI is InChI=1S/C13H18N2O2S2/c1-8-3-4-9(2)11(7-8)19(16,17)15-12(13(14)18)10-5-6-10/h3-4,7,10,12,15H,5-6H2,1-2H3,(H2,14,18). The van der Waals surface area contributed by atoms with Crippen LogP contribution in [0.25, 0.3) is 0 Å². The van der Waals surface area contributed by atoms with Crippen LogP contribution in [0.4, 0.5) is 0 Å². The molecule has 3 N–H and O–H groups in total. The van der Waals surface area contributed by atoms with E-state index in [0.29, 0.717) is 4.90 Å². The fraction of sp³-hybridized carbons (Fsp3) is 0.462. The van der Waals surface area contributed by atoms with Crippen molar-refractivity contribution in [1.29, 1.82) is 0 Å². The van der Waals surface area contributed by atoms with Gasteiger partial charge in [0.25, 0.3) is 0 Å². The first-order valence-corrected chi connectivity index (χ1v) is 8.09. The first-order chi connectivity index (χ1) is 8.81. The maximum absolute atomic E-state index is 12.4. The lowest BCUT2D eigenvalue weighted by Gasteiger charge is -2.18. The zero-order valence-corrected chi connectivity index (χ0v) is 12.6. The second-order valence-corrected chi connectivity index (χ2v) is 7.26. The summed E-state index contributed by atoms with van der Waals surface area (Å²) in [4.78, 5) is 0.519. The average Bonchev–Trinajstić information content (AvgIpc) is 3.13. The second-order valence-electron chi connectivity index (χ2n) is 5.11. The maximum Gasteiger partial charge on any atom is 0.241 e. The SMILES string of the molecule is Cc1ccc(C)c(S(=O)(=O)NC(C(N)=S)C2CC2)c1. The molecule has 19 heavy (non-hydrogen) atoms. The van der Waals surface area contributed by atoms with Crippen molar-refractivity contribution in [3.8, 4) is 0 Å². The first kappa shape index (κ1) is 14.4. The van der Waals surface area contributed by atoms with E-state index in [1.165, 1.54) is 0 Å². The Kier molecular flexibility index (Phi) is 3.94. The molecule has 4 nitrogen and oxygen atoms in total. The van der Waals surface area contributed by atoms with E-state index < -0.39 is 16.1 Å². The van der Waals surface area contributed by atoms with Crippen molar-refractivity contribution in [2.45, 2.75) is 37.6 Å². The molecule has 2 rings (SSSR count). The number of sulfonamides is 1. The van der Waals surface area contributed by atoms with Gasteiger partial charge in [-0.05, 0) is 49.8 Å². The van der Waals surface area contributed by atoms with Crippen molar-refractivity contribution in [3.63, 3.8) is 0 Å². The molecule has 1 unspecified atom stereocenters. The van der Waals surface area contributed by atoms with Gasteiger partial charge < -0.3 is 5.73 Å². The smallest absolute Gasteiger partial charge is 0.241 e. The van der Waals surface area contributed by atoms with Crippen molar-refractivity contribution in [2.75, 3.05) is 0 Å². The van der Waals surface area contributed by atoms with Gasteiger partial charge in [-0.15, -0.1) is 0 Å². The van der Waals surface area contributed by atoms with E-state index in [4.69, 9.17) is 18.0 Å². The molecule has 1 fully saturated rings. The second kappa shape index (κ2) is 5.19. The predicted molar refractivity (Wildman–Crippen MR) is 79.5 cm³/mol. The van der Waals surface area contributed by atoms with E-state index in [9.17, 15) is 8.42 Å². The molecule has 0 bridgehead atoms. The van der Waals surface area contributed by atoms with Crippen LogP contribution in [-0.4, -0.2) is 19.4 Å². The predicted octanol–water partition coefficient (Wildman–Crippen LogP) is 1.65. The fourth-order valence-electron chi connectivity index (χ4n) is 2.04. The zero-order valence-electron chi connectivity index (χ0n) is 11.0. The Hall–Kier alpha value is -0.980. The van der Waals surface area contributed by atoms with Crippen molar-refractivity contribution < 1.29 is 8.42 Å². The molecule has 1 aromatic carbocycles. The Bertz CT molecular complexity index is 607. The van der Waals surface area contributed by atoms with Gasteiger partial charge in [-0.3, -0.25) is 0 Å². The zero-order chi connectivity index (χ0) is 14.2. The molecule has 0 amide bonds. The summed E-state index contributed by atoms with van der Waals surface area (Å²) in [6.45, 7) is 3.64. The van der Waals surface area contributed by atoms with Gasteiger partial charge in [0.15, 0.2) is 0 Å². The lowest BCUT2D eigenvalue weighted by molar-refractivity contribution is 0.564. The summed E-state index contributed by atoms with van der Waals surface area (Å²) in [6.07, 6.45) is 1.94. The number of benzene rings is 1. The summed E-state index contributed by atoms with van der Waals surface area (Å²) in [6, 6.07) is 4.93. The molecule has 6 heteroatoms. The summed E-state index contributed by atoms with van der Waals surface area (Å²) >= 11 is 4.96. The van der Waals surface area contributed by atoms with Crippen LogP contribution in [0.1, 0.15) is 24.0 Å². The van der Waals surface area contributed by atoms with Crippen LogP contribution in [0.5, 0.6) is 0 Å². The summed E-state index contributed by atoms with van der Waals surface area (Å²) < 4.78 is 27.5. The van der Waals surface area contributed by atoms with E-state index in [2.05, 4.69) is 4.72 Å². The quantitative estimate of drug-likeness (QED) is 0.811. The lowest BCUT2D eigenvalue weighted by atomic mass is 10.2. The molecular formula is C13H18N2O2S2. The van der Waals surface area contributed by atoms with Gasteiger partial charge in [-0.2, -0.15) is 0 Å². The molecule has 1 atom stereocenters. The number of nitrogens with two attached hydrogens (primary N) is 1. The third-order valence-electron chi connectivity index (χ3n) is 3.32. The number of rotatable bonds is 5. The Balaban J connectivity index is 2.31. The van der Waals surface area contributed by atoms with Crippen molar-refractivity contribution in [2.24, 2.45) is 11.7 Å². The molecule has 1 aromatic rings. The number of thiocarbonyl (C=S) groups is 1. The highest BCUT2D eigenvalue weighted by atomic mass is 32.2. The Morgan fingerprint density at radius 1 is 1.42 bits per heavy atom. The van der Waals surface area contributed by atoms with Gasteiger partial charge in [-0.1, -0.05) is 24.4 Å². The molecule has 0 spiro atoms. The third-order valence-corrected chi connectivity index (χ3v) is 5.15. The van der Waals surface area contributed by atoms with Crippen LogP contribution in [0.3, 0.4) is 0 Å². The van der Waals surface area contributed by atoms with Crippen LogP contribution in [0.2, 0.25) is 0 Å². The first-order valence-electron chi connectivity index (χ1n) is 6.20. The van der Waals surface area contributed by atoms with Crippen LogP contribution in [-0.2, 0) is 10.0 Å². The molecule has 1 aliphatic rings. The van der Waals surface area contributed by atoms with Crippen LogP contribution < -0.4 is 10.5 Å². The van der Waals surface area contributed by atoms with Gasteiger partial charge in [0.05, 0.1) is 15.9 Å². The summed E-state index contributed by atoms with van der Waals surface area (Å²) in [7, 11) is -3.58. The maximum atomic E-state index is 12.4. The minimum atomic E-state index is -3.58. The molecule has 0 heterocycles. The molecule has 0 radical (unpaired) electrons. The molecular weight excluding hydrogens is 280 g/mol. The highest BCUT2D eigenvalue weighted by Gasteiger charge is 2.36. The fourth-order valence-corrected chi connectivity index (χ4v) is 3.98. The normalized spacial score (nSPS) is 17.2. The summed E-state index contributed by atoms with van der Waals surface area (Å²) in [5, 5.41) is 0. The van der Waals surface area contributed by atoms with E-state index in [1.54, 1.807) is 19.1 Å². The van der Waals surface area contributed by atoms with Crippen LogP contribution >= 0.6 is 12.2 Å². The monoisotopic (exact) mass is 298 g/mol. The van der Waals surface area contributed by atoms with Crippen molar-refractivity contribution in [3.05, 3.63) is 29.3 Å². The van der Waals surface area contributed by atoms with E-state index in [1.807, 2.05) is 13.0 Å². The van der Waals surface area contributed by atoms with Gasteiger partial charge >= 0.3 is 0 Å². The highest BCUT2D eigenvalue weighted by molar-refractivity contribution is 7.89. The number of hydrogen-bond acceptors (Lipinski definition) is 3. The molecule has 0 aromatic heterocycles. The van der Waals surface area contributed by atoms with Crippen LogP contribution in [0, 0.1) is 19.8 Å². The summed E-state index contributed by atoms with van der Waals surface area (Å²) in [5.74, 6) is 0.248. The van der Waals surface area contributed by atoms with E-state index in [-0.39, 0.29) is 10.9 Å². The molecule has 1 aliphatic carbocycles. The van der Waals surface area contributed by atoms with Gasteiger partial charge in [-0.25, -0.2) is 13.1 Å². The number of aryl methyl sites for hydroxylation is 2. The van der Waals surface area contributed by atoms with Crippen molar-refractivity contribution in [1.82, 2.24) is 4.72 Å². The molecule has 0 aliphatic heterocycles. The number of nitrogens with one attached hydrogen (secondary N) is 1. The Labute approximate surface area is 119 Å². The Morgan fingerprint density at radius 2 is 2.05 bits per heavy atom. The summed E-state index contributed by atoms with van der Waals surface area (Å²) in [5.41, 5.74) is 7.26. The van der Waals surface area contributed by atoms with Crippen molar-refractivity contribution >= 4 is 27.2 Å². The minimum Gasteiger partial charge on any atom is -0.392 e. The third kappa shape index (κ3) is 3.32. The van der Waals surface area contributed by atoms with Gasteiger partial charge in [0.2, 0.25) is 10.0 Å². The number of hydrogen-bond donors (Lipinski definition) is 2.